The van der Waals surface area contributed by atoms with Crippen molar-refractivity contribution >= 4 is 11.7 Å². The molecule has 1 amide bonds. The summed E-state index contributed by atoms with van der Waals surface area (Å²) in [7, 11) is 0. The summed E-state index contributed by atoms with van der Waals surface area (Å²) in [5.74, 6) is 1.61. The molecule has 4 heterocycles. The first-order chi connectivity index (χ1) is 11.8. The van der Waals surface area contributed by atoms with Gasteiger partial charge < -0.3 is 15.1 Å². The van der Waals surface area contributed by atoms with Gasteiger partial charge in [0.25, 0.3) is 0 Å². The number of anilines is 1. The average molecular weight is 327 g/mol. The summed E-state index contributed by atoms with van der Waals surface area (Å²) in [6.07, 6.45) is 5.56. The van der Waals surface area contributed by atoms with E-state index in [0.717, 1.165) is 57.1 Å². The molecule has 3 fully saturated rings. The summed E-state index contributed by atoms with van der Waals surface area (Å²) in [5.41, 5.74) is 2.56. The first-order valence-electron chi connectivity index (χ1n) is 9.35. The molecule has 6 nitrogen and oxygen atoms in total. The number of hydrogen-bond donors (Lipinski definition) is 1. The van der Waals surface area contributed by atoms with Crippen LogP contribution in [0.3, 0.4) is 0 Å². The second kappa shape index (κ2) is 5.41. The van der Waals surface area contributed by atoms with E-state index < -0.39 is 0 Å². The van der Waals surface area contributed by atoms with Gasteiger partial charge in [-0.15, -0.1) is 5.10 Å². The lowest BCUT2D eigenvalue weighted by molar-refractivity contribution is -0.134. The average Bonchev–Trinajstić information content (AvgIpc) is 3.00. The van der Waals surface area contributed by atoms with Gasteiger partial charge >= 0.3 is 0 Å². The summed E-state index contributed by atoms with van der Waals surface area (Å²) in [6.45, 7) is 5.76. The zero-order valence-electron chi connectivity index (χ0n) is 14.1. The molecular formula is C18H25N5O. The van der Waals surface area contributed by atoms with Crippen LogP contribution in [-0.4, -0.2) is 53.7 Å². The second-order valence-corrected chi connectivity index (χ2v) is 7.92. The molecular weight excluding hydrogens is 302 g/mol. The van der Waals surface area contributed by atoms with Crippen molar-refractivity contribution in [3.05, 3.63) is 17.3 Å². The molecule has 4 aliphatic rings. The third-order valence-electron chi connectivity index (χ3n) is 6.43. The number of carbonyl (C=O) groups excluding carboxylic acids is 1. The van der Waals surface area contributed by atoms with Gasteiger partial charge in [0.2, 0.25) is 5.91 Å². The number of aromatic nitrogens is 2. The Kier molecular flexibility index (Phi) is 3.30. The molecule has 2 unspecified atom stereocenters. The van der Waals surface area contributed by atoms with Crippen LogP contribution in [0.25, 0.3) is 0 Å². The van der Waals surface area contributed by atoms with Gasteiger partial charge in [0.15, 0.2) is 5.82 Å². The predicted molar refractivity (Wildman–Crippen MR) is 90.6 cm³/mol. The fourth-order valence-corrected chi connectivity index (χ4v) is 4.76. The molecule has 0 aromatic carbocycles. The van der Waals surface area contributed by atoms with Gasteiger partial charge in [-0.05, 0) is 49.3 Å². The summed E-state index contributed by atoms with van der Waals surface area (Å²) in [5, 5.41) is 12.3. The van der Waals surface area contributed by atoms with E-state index in [4.69, 9.17) is 0 Å². The maximum absolute atomic E-state index is 12.9. The third kappa shape index (κ3) is 2.31. The predicted octanol–water partition coefficient (Wildman–Crippen LogP) is 0.961. The Morgan fingerprint density at radius 1 is 1.25 bits per heavy atom. The molecule has 2 saturated heterocycles. The van der Waals surface area contributed by atoms with Crippen LogP contribution in [0, 0.1) is 11.3 Å². The molecule has 6 heteroatoms. The van der Waals surface area contributed by atoms with Crippen molar-refractivity contribution in [1.82, 2.24) is 20.4 Å². The van der Waals surface area contributed by atoms with Gasteiger partial charge in [-0.1, -0.05) is 0 Å². The normalized spacial score (nSPS) is 31.6. The van der Waals surface area contributed by atoms with E-state index in [1.807, 2.05) is 0 Å². The molecule has 2 atom stereocenters. The first-order valence-corrected chi connectivity index (χ1v) is 9.35. The monoisotopic (exact) mass is 327 g/mol. The molecule has 1 aromatic rings. The largest absolute Gasteiger partial charge is 0.355 e. The first kappa shape index (κ1) is 14.6. The van der Waals surface area contributed by atoms with E-state index in [0.29, 0.717) is 12.5 Å². The van der Waals surface area contributed by atoms with Crippen molar-refractivity contribution in [2.24, 2.45) is 11.3 Å². The molecule has 1 spiro atoms. The van der Waals surface area contributed by atoms with Gasteiger partial charge in [-0.3, -0.25) is 4.79 Å². The van der Waals surface area contributed by atoms with Crippen molar-refractivity contribution in [2.45, 2.75) is 38.6 Å². The van der Waals surface area contributed by atoms with Crippen LogP contribution < -0.4 is 10.2 Å². The lowest BCUT2D eigenvalue weighted by Gasteiger charge is -2.29. The molecule has 3 aliphatic heterocycles. The zero-order chi connectivity index (χ0) is 16.1. The Balaban J connectivity index is 1.32. The molecule has 1 N–H and O–H groups in total. The summed E-state index contributed by atoms with van der Waals surface area (Å²) >= 11 is 0. The van der Waals surface area contributed by atoms with E-state index in [2.05, 4.69) is 31.4 Å². The highest BCUT2D eigenvalue weighted by Gasteiger charge is 2.59. The standard InChI is InChI=1S/C18H25N5O/c24-17(14-10-18(14)4-5-19-12-18)23-8-3-15-13(11-23)9-16(21-20-15)22-6-1-2-7-22/h9,14,19H,1-8,10-12H2. The van der Waals surface area contributed by atoms with E-state index in [9.17, 15) is 4.79 Å². The number of amides is 1. The highest BCUT2D eigenvalue weighted by molar-refractivity contribution is 5.83. The summed E-state index contributed by atoms with van der Waals surface area (Å²) in [6, 6.07) is 2.17. The Hall–Kier alpha value is -1.69. The van der Waals surface area contributed by atoms with Gasteiger partial charge in [0.05, 0.1) is 5.69 Å². The minimum atomic E-state index is 0.252. The number of fused-ring (bicyclic) bond motifs is 1. The summed E-state index contributed by atoms with van der Waals surface area (Å²) in [4.78, 5) is 17.3. The van der Waals surface area contributed by atoms with E-state index in [1.54, 1.807) is 0 Å². The molecule has 0 bridgehead atoms. The minimum absolute atomic E-state index is 0.252. The van der Waals surface area contributed by atoms with E-state index in [1.165, 1.54) is 24.8 Å². The molecule has 1 saturated carbocycles. The molecule has 1 aliphatic carbocycles. The van der Waals surface area contributed by atoms with Crippen LogP contribution in [0.15, 0.2) is 6.07 Å². The third-order valence-corrected chi connectivity index (χ3v) is 6.43. The highest BCUT2D eigenvalue weighted by Crippen LogP contribution is 2.57. The molecule has 5 rings (SSSR count). The number of rotatable bonds is 2. The fourth-order valence-electron chi connectivity index (χ4n) is 4.76. The zero-order valence-corrected chi connectivity index (χ0v) is 14.1. The van der Waals surface area contributed by atoms with Crippen LogP contribution in [0.1, 0.15) is 36.9 Å². The molecule has 128 valence electrons. The topological polar surface area (TPSA) is 61.4 Å². The van der Waals surface area contributed by atoms with Crippen molar-refractivity contribution in [3.63, 3.8) is 0 Å². The Morgan fingerprint density at radius 2 is 2.12 bits per heavy atom. The number of nitrogens with one attached hydrogen (secondary N) is 1. The Morgan fingerprint density at radius 3 is 2.92 bits per heavy atom. The van der Waals surface area contributed by atoms with E-state index >= 15 is 0 Å². The lowest BCUT2D eigenvalue weighted by atomic mass is 10.0. The second-order valence-electron chi connectivity index (χ2n) is 7.92. The number of carbonyl (C=O) groups is 1. The highest BCUT2D eigenvalue weighted by atomic mass is 16.2. The van der Waals surface area contributed by atoms with Gasteiger partial charge in [0, 0.05) is 45.1 Å². The van der Waals surface area contributed by atoms with Crippen LogP contribution >= 0.6 is 0 Å². The molecule has 24 heavy (non-hydrogen) atoms. The SMILES string of the molecule is O=C(C1CC12CCNC2)N1CCc2nnc(N3CCCC3)cc2C1. The molecule has 1 aromatic heterocycles. The van der Waals surface area contributed by atoms with Crippen LogP contribution in [0.4, 0.5) is 5.82 Å². The van der Waals surface area contributed by atoms with Gasteiger partial charge in [0.1, 0.15) is 0 Å². The van der Waals surface area contributed by atoms with Gasteiger partial charge in [-0.2, -0.15) is 5.10 Å². The van der Waals surface area contributed by atoms with Crippen LogP contribution in [0.5, 0.6) is 0 Å². The van der Waals surface area contributed by atoms with Crippen molar-refractivity contribution in [1.29, 1.82) is 0 Å². The quantitative estimate of drug-likeness (QED) is 0.877. The maximum Gasteiger partial charge on any atom is 0.226 e. The lowest BCUT2D eigenvalue weighted by Crippen LogP contribution is -2.38. The van der Waals surface area contributed by atoms with Gasteiger partial charge in [-0.25, -0.2) is 0 Å². The fraction of sp³-hybridized carbons (Fsp3) is 0.722. The molecule has 0 radical (unpaired) electrons. The minimum Gasteiger partial charge on any atom is -0.355 e. The Bertz CT molecular complexity index is 663. The summed E-state index contributed by atoms with van der Waals surface area (Å²) < 4.78 is 0. The number of nitrogens with zero attached hydrogens (tertiary/aromatic N) is 4. The number of hydrogen-bond acceptors (Lipinski definition) is 5. The van der Waals surface area contributed by atoms with Crippen LogP contribution in [0.2, 0.25) is 0 Å². The van der Waals surface area contributed by atoms with Crippen molar-refractivity contribution < 1.29 is 4.79 Å². The maximum atomic E-state index is 12.9. The van der Waals surface area contributed by atoms with Crippen molar-refractivity contribution in [3.8, 4) is 0 Å². The smallest absolute Gasteiger partial charge is 0.226 e. The van der Waals surface area contributed by atoms with Crippen LogP contribution in [-0.2, 0) is 17.8 Å². The van der Waals surface area contributed by atoms with E-state index in [-0.39, 0.29) is 11.3 Å². The Labute approximate surface area is 142 Å². The van der Waals surface area contributed by atoms with Crippen molar-refractivity contribution in [2.75, 3.05) is 37.6 Å².